The van der Waals surface area contributed by atoms with Gasteiger partial charge >= 0.3 is 0 Å². The number of aromatic nitrogens is 4. The number of carbonyl (C=O) groups is 1. The lowest BCUT2D eigenvalue weighted by atomic mass is 10.2. The van der Waals surface area contributed by atoms with Crippen molar-refractivity contribution in [2.75, 3.05) is 11.1 Å². The van der Waals surface area contributed by atoms with Gasteiger partial charge in [-0.2, -0.15) is 0 Å². The van der Waals surface area contributed by atoms with Crippen molar-refractivity contribution in [3.63, 3.8) is 0 Å². The van der Waals surface area contributed by atoms with Gasteiger partial charge in [-0.1, -0.05) is 54.2 Å². The third kappa shape index (κ3) is 4.22. The summed E-state index contributed by atoms with van der Waals surface area (Å²) in [7, 11) is 0. The van der Waals surface area contributed by atoms with Gasteiger partial charge in [0.25, 0.3) is 5.56 Å². The summed E-state index contributed by atoms with van der Waals surface area (Å²) in [6, 6.07) is 22.5. The van der Waals surface area contributed by atoms with Crippen molar-refractivity contribution in [3.05, 3.63) is 101 Å². The molecular weight excluding hydrogens is 441 g/mol. The number of nitrogens with one attached hydrogen (secondary N) is 1. The van der Waals surface area contributed by atoms with Crippen LogP contribution in [0.2, 0.25) is 0 Å². The van der Waals surface area contributed by atoms with Gasteiger partial charge in [0.15, 0.2) is 5.16 Å². The first kappa shape index (κ1) is 20.9. The van der Waals surface area contributed by atoms with Crippen molar-refractivity contribution in [1.82, 2.24) is 19.2 Å². The number of para-hydroxylation sites is 1. The van der Waals surface area contributed by atoms with Crippen LogP contribution in [0.15, 0.2) is 88.8 Å². The Morgan fingerprint density at radius 2 is 1.67 bits per heavy atom. The monoisotopic (exact) mass is 459 g/mol. The molecule has 0 atom stereocenters. The molecule has 7 nitrogen and oxygen atoms in total. The minimum Gasteiger partial charge on any atom is -0.325 e. The minimum atomic E-state index is -0.370. The highest BCUT2D eigenvalue weighted by atomic mass is 32.2. The van der Waals surface area contributed by atoms with E-state index in [2.05, 4.69) is 15.5 Å². The van der Waals surface area contributed by atoms with E-state index in [4.69, 9.17) is 0 Å². The summed E-state index contributed by atoms with van der Waals surface area (Å²) in [5.74, 6) is -0.149. The zero-order valence-corrected chi connectivity index (χ0v) is 18.1. The second-order valence-electron chi connectivity index (χ2n) is 7.36. The first-order chi connectivity index (χ1) is 16.1. The van der Waals surface area contributed by atoms with Crippen molar-refractivity contribution in [2.24, 2.45) is 0 Å². The molecule has 1 N–H and O–H groups in total. The molecule has 1 amide bonds. The summed E-state index contributed by atoms with van der Waals surface area (Å²) in [5, 5.41) is 12.3. The number of hydrogen-bond acceptors (Lipinski definition) is 5. The van der Waals surface area contributed by atoms with E-state index in [1.165, 1.54) is 36.0 Å². The number of thioether (sulfide) groups is 1. The number of anilines is 1. The van der Waals surface area contributed by atoms with Crippen LogP contribution in [-0.2, 0) is 11.3 Å². The number of rotatable bonds is 6. The molecule has 9 heteroatoms. The Hall–Kier alpha value is -3.98. The molecule has 0 aliphatic rings. The van der Waals surface area contributed by atoms with Gasteiger partial charge in [0.2, 0.25) is 11.7 Å². The topological polar surface area (TPSA) is 81.3 Å². The van der Waals surface area contributed by atoms with Crippen molar-refractivity contribution >= 4 is 40.0 Å². The Bertz CT molecular complexity index is 1510. The highest BCUT2D eigenvalue weighted by molar-refractivity contribution is 7.99. The zero-order valence-electron chi connectivity index (χ0n) is 17.3. The smallest absolute Gasteiger partial charge is 0.263 e. The van der Waals surface area contributed by atoms with Crippen LogP contribution in [-0.4, -0.2) is 30.8 Å². The lowest BCUT2D eigenvalue weighted by Crippen LogP contribution is -2.24. The predicted octanol–water partition coefficient (Wildman–Crippen LogP) is 3.96. The Balaban J connectivity index is 1.49. The molecule has 33 heavy (non-hydrogen) atoms. The maximum absolute atomic E-state index is 13.2. The van der Waals surface area contributed by atoms with Crippen LogP contribution in [0.1, 0.15) is 5.56 Å². The average Bonchev–Trinajstić information content (AvgIpc) is 3.27. The van der Waals surface area contributed by atoms with Crippen LogP contribution in [0.4, 0.5) is 10.1 Å². The first-order valence-corrected chi connectivity index (χ1v) is 11.2. The van der Waals surface area contributed by atoms with E-state index in [0.29, 0.717) is 34.1 Å². The van der Waals surface area contributed by atoms with Gasteiger partial charge in [-0.15, -0.1) is 10.2 Å². The predicted molar refractivity (Wildman–Crippen MR) is 126 cm³/mol. The molecule has 2 heterocycles. The maximum Gasteiger partial charge on any atom is 0.263 e. The number of amides is 1. The van der Waals surface area contributed by atoms with Crippen molar-refractivity contribution in [1.29, 1.82) is 0 Å². The van der Waals surface area contributed by atoms with E-state index in [9.17, 15) is 14.0 Å². The molecule has 0 aliphatic carbocycles. The van der Waals surface area contributed by atoms with E-state index in [0.717, 1.165) is 5.56 Å². The summed E-state index contributed by atoms with van der Waals surface area (Å²) < 4.78 is 16.5. The van der Waals surface area contributed by atoms with Crippen LogP contribution in [0.3, 0.4) is 0 Å². The SMILES string of the molecule is O=C(CSc1nnc2n(Cc3ccccc3)c(=O)c3ccccc3n12)Nc1ccc(F)cc1. The normalized spacial score (nSPS) is 11.2. The summed E-state index contributed by atoms with van der Waals surface area (Å²) in [6.45, 7) is 0.349. The molecule has 0 aliphatic heterocycles. The molecule has 0 bridgehead atoms. The molecule has 0 unspecified atom stereocenters. The van der Waals surface area contributed by atoms with Crippen LogP contribution in [0.25, 0.3) is 16.7 Å². The highest BCUT2D eigenvalue weighted by Crippen LogP contribution is 2.22. The maximum atomic E-state index is 13.2. The third-order valence-corrected chi connectivity index (χ3v) is 6.05. The number of fused-ring (bicyclic) bond motifs is 3. The van der Waals surface area contributed by atoms with Gasteiger partial charge < -0.3 is 5.32 Å². The molecule has 0 saturated carbocycles. The largest absolute Gasteiger partial charge is 0.325 e. The molecule has 5 aromatic rings. The molecule has 164 valence electrons. The molecule has 5 rings (SSSR count). The van der Waals surface area contributed by atoms with Crippen molar-refractivity contribution in [3.8, 4) is 0 Å². The minimum absolute atomic E-state index is 0.0737. The lowest BCUT2D eigenvalue weighted by Gasteiger charge is -2.11. The molecule has 2 aromatic heterocycles. The van der Waals surface area contributed by atoms with Gasteiger partial charge in [0.1, 0.15) is 5.82 Å². The number of hydrogen-bond donors (Lipinski definition) is 1. The van der Waals surface area contributed by atoms with Crippen LogP contribution >= 0.6 is 11.8 Å². The second kappa shape index (κ2) is 8.87. The zero-order chi connectivity index (χ0) is 22.8. The summed E-state index contributed by atoms with van der Waals surface area (Å²) >= 11 is 1.21. The standard InChI is InChI=1S/C24H18FN5O2S/c25-17-10-12-18(13-11-17)26-21(31)15-33-24-28-27-23-29(14-16-6-2-1-3-7-16)22(32)19-8-4-5-9-20(19)30(23)24/h1-13H,14-15H2,(H,26,31). The van der Waals surface area contributed by atoms with E-state index in [1.54, 1.807) is 15.0 Å². The molecule has 0 spiro atoms. The highest BCUT2D eigenvalue weighted by Gasteiger charge is 2.18. The Morgan fingerprint density at radius 3 is 2.45 bits per heavy atom. The molecule has 0 fully saturated rings. The molecular formula is C24H18FN5O2S. The summed E-state index contributed by atoms with van der Waals surface area (Å²) in [4.78, 5) is 25.6. The Labute approximate surface area is 191 Å². The molecule has 0 saturated heterocycles. The lowest BCUT2D eigenvalue weighted by molar-refractivity contribution is -0.113. The van der Waals surface area contributed by atoms with Crippen LogP contribution in [0, 0.1) is 5.82 Å². The number of nitrogens with zero attached hydrogens (tertiary/aromatic N) is 4. The number of benzene rings is 3. The summed E-state index contributed by atoms with van der Waals surface area (Å²) in [6.07, 6.45) is 0. The molecule has 3 aromatic carbocycles. The molecule has 0 radical (unpaired) electrons. The van der Waals surface area contributed by atoms with Gasteiger partial charge in [-0.05, 0) is 42.0 Å². The van der Waals surface area contributed by atoms with E-state index in [1.807, 2.05) is 48.5 Å². The van der Waals surface area contributed by atoms with E-state index < -0.39 is 0 Å². The fourth-order valence-electron chi connectivity index (χ4n) is 3.60. The van der Waals surface area contributed by atoms with Gasteiger partial charge in [0, 0.05) is 5.69 Å². The average molecular weight is 460 g/mol. The van der Waals surface area contributed by atoms with E-state index in [-0.39, 0.29) is 23.0 Å². The Kier molecular flexibility index (Phi) is 5.62. The fraction of sp³-hybridized carbons (Fsp3) is 0.0833. The van der Waals surface area contributed by atoms with Crippen molar-refractivity contribution < 1.29 is 9.18 Å². The van der Waals surface area contributed by atoms with Crippen LogP contribution in [0.5, 0.6) is 0 Å². The van der Waals surface area contributed by atoms with Gasteiger partial charge in [-0.25, -0.2) is 4.39 Å². The fourth-order valence-corrected chi connectivity index (χ4v) is 4.34. The van der Waals surface area contributed by atoms with Gasteiger partial charge in [-0.3, -0.25) is 18.6 Å². The number of carbonyl (C=O) groups excluding carboxylic acids is 1. The summed E-state index contributed by atoms with van der Waals surface area (Å²) in [5.41, 5.74) is 2.00. The van der Waals surface area contributed by atoms with Gasteiger partial charge in [0.05, 0.1) is 23.2 Å². The second-order valence-corrected chi connectivity index (χ2v) is 8.30. The first-order valence-electron chi connectivity index (χ1n) is 10.2. The Morgan fingerprint density at radius 1 is 0.939 bits per heavy atom. The van der Waals surface area contributed by atoms with Crippen LogP contribution < -0.4 is 10.9 Å². The van der Waals surface area contributed by atoms with E-state index >= 15 is 0 Å². The third-order valence-electron chi connectivity index (χ3n) is 5.12. The number of halogens is 1. The van der Waals surface area contributed by atoms with Crippen molar-refractivity contribution in [2.45, 2.75) is 11.7 Å². The quantitative estimate of drug-likeness (QED) is 0.389.